The van der Waals surface area contributed by atoms with E-state index in [1.165, 1.54) is 31.2 Å². The molecule has 0 amide bonds. The summed E-state index contributed by atoms with van der Waals surface area (Å²) in [5.41, 5.74) is 0.145. The molecule has 7 nitrogen and oxygen atoms in total. The standard InChI is InChI=1S/C15H11Cl3N2O5S/c1-9-6-10(20(22)23)2-5-14(9)19(8-15(18)21)26(24,25)11-3-4-12(16)13(17)7-11/h2-7H,8H2,1H3. The molecule has 0 unspecified atom stereocenters. The minimum atomic E-state index is -4.23. The summed E-state index contributed by atoms with van der Waals surface area (Å²) in [5.74, 6) is 0. The van der Waals surface area contributed by atoms with Crippen molar-refractivity contribution in [1.82, 2.24) is 0 Å². The molecule has 2 aromatic rings. The van der Waals surface area contributed by atoms with Crippen molar-refractivity contribution in [2.24, 2.45) is 0 Å². The van der Waals surface area contributed by atoms with E-state index in [-0.39, 0.29) is 31.9 Å². The summed E-state index contributed by atoms with van der Waals surface area (Å²) in [6.07, 6.45) is 0. The Hall–Kier alpha value is -1.87. The number of nitro benzene ring substituents is 1. The Labute approximate surface area is 164 Å². The molecule has 0 N–H and O–H groups in total. The number of aryl methyl sites for hydroxylation is 1. The van der Waals surface area contributed by atoms with Gasteiger partial charge in [0, 0.05) is 12.1 Å². The van der Waals surface area contributed by atoms with Gasteiger partial charge in [-0.15, -0.1) is 0 Å². The van der Waals surface area contributed by atoms with Crippen LogP contribution in [0.4, 0.5) is 11.4 Å². The van der Waals surface area contributed by atoms with Gasteiger partial charge in [0.1, 0.15) is 6.54 Å². The fourth-order valence-electron chi connectivity index (χ4n) is 2.21. The van der Waals surface area contributed by atoms with Gasteiger partial charge in [-0.3, -0.25) is 19.2 Å². The van der Waals surface area contributed by atoms with E-state index < -0.39 is 26.7 Å². The molecule has 11 heteroatoms. The molecule has 0 aliphatic rings. The molecule has 0 saturated heterocycles. The van der Waals surface area contributed by atoms with Crippen molar-refractivity contribution in [3.63, 3.8) is 0 Å². The molecule has 0 bridgehead atoms. The second kappa shape index (κ2) is 7.79. The van der Waals surface area contributed by atoms with Crippen molar-refractivity contribution in [3.8, 4) is 0 Å². The van der Waals surface area contributed by atoms with E-state index in [1.807, 2.05) is 0 Å². The van der Waals surface area contributed by atoms with Crippen molar-refractivity contribution in [2.75, 3.05) is 10.8 Å². The molecule has 0 saturated carbocycles. The zero-order chi connectivity index (χ0) is 19.6. The number of halogens is 3. The van der Waals surface area contributed by atoms with E-state index >= 15 is 0 Å². The van der Waals surface area contributed by atoms with Gasteiger partial charge in [0.05, 0.1) is 25.6 Å². The number of non-ortho nitro benzene ring substituents is 1. The molecule has 0 atom stereocenters. The quantitative estimate of drug-likeness (QED) is 0.384. The highest BCUT2D eigenvalue weighted by Crippen LogP contribution is 2.32. The second-order valence-corrected chi connectivity index (χ2v) is 8.27. The van der Waals surface area contributed by atoms with Crippen LogP contribution in [0.15, 0.2) is 41.3 Å². The first-order valence-electron chi connectivity index (χ1n) is 6.95. The number of nitro groups is 1. The summed E-state index contributed by atoms with van der Waals surface area (Å²) in [7, 11) is -4.23. The van der Waals surface area contributed by atoms with Crippen LogP contribution in [-0.2, 0) is 14.8 Å². The van der Waals surface area contributed by atoms with Crippen LogP contribution in [0, 0.1) is 17.0 Å². The number of sulfonamides is 1. The maximum atomic E-state index is 13.0. The van der Waals surface area contributed by atoms with Crippen LogP contribution < -0.4 is 4.31 Å². The van der Waals surface area contributed by atoms with Gasteiger partial charge in [-0.25, -0.2) is 8.42 Å². The summed E-state index contributed by atoms with van der Waals surface area (Å²) >= 11 is 17.1. The molecular formula is C15H11Cl3N2O5S. The van der Waals surface area contributed by atoms with E-state index in [9.17, 15) is 23.3 Å². The summed E-state index contributed by atoms with van der Waals surface area (Å²) in [6, 6.07) is 7.26. The normalized spacial score (nSPS) is 11.2. The van der Waals surface area contributed by atoms with Crippen LogP contribution in [0.1, 0.15) is 5.56 Å². The van der Waals surface area contributed by atoms with Crippen LogP contribution >= 0.6 is 34.8 Å². The minimum absolute atomic E-state index is 0.0188. The Morgan fingerprint density at radius 3 is 2.31 bits per heavy atom. The number of carbonyl (C=O) groups excluding carboxylic acids is 1. The van der Waals surface area contributed by atoms with Crippen molar-refractivity contribution >= 4 is 61.4 Å². The fourth-order valence-corrected chi connectivity index (χ4v) is 4.28. The molecule has 0 heterocycles. The topological polar surface area (TPSA) is 97.6 Å². The largest absolute Gasteiger partial charge is 0.279 e. The summed E-state index contributed by atoms with van der Waals surface area (Å²) in [5, 5.41) is 10.1. The van der Waals surface area contributed by atoms with E-state index in [0.717, 1.165) is 16.4 Å². The zero-order valence-corrected chi connectivity index (χ0v) is 16.2. The third kappa shape index (κ3) is 4.27. The molecule has 26 heavy (non-hydrogen) atoms. The van der Waals surface area contributed by atoms with Crippen molar-refractivity contribution in [3.05, 3.63) is 62.1 Å². The van der Waals surface area contributed by atoms with E-state index in [2.05, 4.69) is 0 Å². The lowest BCUT2D eigenvalue weighted by Gasteiger charge is -2.24. The number of hydrogen-bond donors (Lipinski definition) is 0. The molecule has 0 aliphatic carbocycles. The van der Waals surface area contributed by atoms with E-state index in [4.69, 9.17) is 34.8 Å². The maximum Gasteiger partial charge on any atom is 0.269 e. The fraction of sp³-hybridized carbons (Fsp3) is 0.133. The third-order valence-electron chi connectivity index (χ3n) is 3.41. The monoisotopic (exact) mass is 436 g/mol. The van der Waals surface area contributed by atoms with E-state index in [1.54, 1.807) is 0 Å². The molecule has 0 aliphatic heterocycles. The molecule has 0 aromatic heterocycles. The van der Waals surface area contributed by atoms with Gasteiger partial charge in [-0.05, 0) is 48.4 Å². The van der Waals surface area contributed by atoms with Crippen molar-refractivity contribution < 1.29 is 18.1 Å². The van der Waals surface area contributed by atoms with Crippen LogP contribution in [-0.4, -0.2) is 25.1 Å². The Balaban J connectivity index is 2.62. The molecule has 0 fully saturated rings. The first kappa shape index (κ1) is 20.4. The molecule has 2 rings (SSSR count). The van der Waals surface area contributed by atoms with Gasteiger partial charge in [-0.1, -0.05) is 23.2 Å². The first-order chi connectivity index (χ1) is 12.0. The predicted molar refractivity (Wildman–Crippen MR) is 99.7 cm³/mol. The molecule has 2 aromatic carbocycles. The van der Waals surface area contributed by atoms with E-state index in [0.29, 0.717) is 0 Å². The Morgan fingerprint density at radius 2 is 1.81 bits per heavy atom. The Bertz CT molecular complexity index is 995. The zero-order valence-electron chi connectivity index (χ0n) is 13.1. The van der Waals surface area contributed by atoms with Gasteiger partial charge in [0.25, 0.3) is 15.7 Å². The van der Waals surface area contributed by atoms with Crippen LogP contribution in [0.2, 0.25) is 10.0 Å². The second-order valence-electron chi connectivity index (χ2n) is 5.17. The van der Waals surface area contributed by atoms with Gasteiger partial charge in [0.2, 0.25) is 5.24 Å². The predicted octanol–water partition coefficient (Wildman–Crippen LogP) is 4.17. The van der Waals surface area contributed by atoms with Gasteiger partial charge in [-0.2, -0.15) is 0 Å². The molecule has 0 radical (unpaired) electrons. The molecule has 0 spiro atoms. The highest BCUT2D eigenvalue weighted by molar-refractivity contribution is 7.92. The highest BCUT2D eigenvalue weighted by atomic mass is 35.5. The Morgan fingerprint density at radius 1 is 1.15 bits per heavy atom. The molecule has 138 valence electrons. The van der Waals surface area contributed by atoms with Gasteiger partial charge < -0.3 is 0 Å². The number of rotatable bonds is 6. The summed E-state index contributed by atoms with van der Waals surface area (Å²) in [4.78, 5) is 21.5. The van der Waals surface area contributed by atoms with Crippen molar-refractivity contribution in [1.29, 1.82) is 0 Å². The average Bonchev–Trinajstić information content (AvgIpc) is 2.55. The lowest BCUT2D eigenvalue weighted by molar-refractivity contribution is -0.384. The summed E-state index contributed by atoms with van der Waals surface area (Å²) in [6.45, 7) is 0.821. The highest BCUT2D eigenvalue weighted by Gasteiger charge is 2.29. The number of hydrogen-bond acceptors (Lipinski definition) is 5. The van der Waals surface area contributed by atoms with Crippen LogP contribution in [0.5, 0.6) is 0 Å². The lowest BCUT2D eigenvalue weighted by Crippen LogP contribution is -2.35. The van der Waals surface area contributed by atoms with Gasteiger partial charge in [0.15, 0.2) is 0 Å². The van der Waals surface area contributed by atoms with Crippen LogP contribution in [0.25, 0.3) is 0 Å². The SMILES string of the molecule is Cc1cc([N+](=O)[O-])ccc1N(CC(=O)Cl)S(=O)(=O)c1ccc(Cl)c(Cl)c1. The third-order valence-corrected chi connectivity index (χ3v) is 6.02. The summed E-state index contributed by atoms with van der Waals surface area (Å²) < 4.78 is 26.7. The number of carbonyl (C=O) groups is 1. The number of nitrogens with zero attached hydrogens (tertiary/aromatic N) is 2. The van der Waals surface area contributed by atoms with Crippen molar-refractivity contribution in [2.45, 2.75) is 11.8 Å². The maximum absolute atomic E-state index is 13.0. The Kier molecular flexibility index (Phi) is 6.13. The number of benzene rings is 2. The minimum Gasteiger partial charge on any atom is -0.279 e. The first-order valence-corrected chi connectivity index (χ1v) is 9.52. The molecular weight excluding hydrogens is 427 g/mol. The van der Waals surface area contributed by atoms with Gasteiger partial charge >= 0.3 is 0 Å². The van der Waals surface area contributed by atoms with Crippen LogP contribution in [0.3, 0.4) is 0 Å². The number of anilines is 1. The average molecular weight is 438 g/mol. The lowest BCUT2D eigenvalue weighted by atomic mass is 10.2. The smallest absolute Gasteiger partial charge is 0.269 e.